The second-order valence-electron chi connectivity index (χ2n) is 16.7. The summed E-state index contributed by atoms with van der Waals surface area (Å²) >= 11 is 6.06. The van der Waals surface area contributed by atoms with Crippen molar-refractivity contribution in [3.8, 4) is 5.75 Å². The maximum atomic E-state index is 13.7. The van der Waals surface area contributed by atoms with Crippen LogP contribution in [0.2, 0.25) is 5.02 Å². The first-order valence-corrected chi connectivity index (χ1v) is 24.0. The Balaban J connectivity index is 0.00000115. The molecule has 2 amide bonds. The van der Waals surface area contributed by atoms with Gasteiger partial charge in [0.1, 0.15) is 5.75 Å². The van der Waals surface area contributed by atoms with Crippen LogP contribution in [0.25, 0.3) is 21.8 Å². The molecule has 1 aliphatic heterocycles. The van der Waals surface area contributed by atoms with Crippen LogP contribution < -0.4 is 25.6 Å². The summed E-state index contributed by atoms with van der Waals surface area (Å²) in [7, 11) is -4.55. The van der Waals surface area contributed by atoms with E-state index >= 15 is 0 Å². The summed E-state index contributed by atoms with van der Waals surface area (Å²) in [6.45, 7) is 7.06. The third-order valence-corrected chi connectivity index (χ3v) is 12.3. The molecule has 1 saturated heterocycles. The van der Waals surface area contributed by atoms with Gasteiger partial charge in [-0.05, 0) is 80.1 Å². The van der Waals surface area contributed by atoms with Crippen LogP contribution in [-0.2, 0) is 42.3 Å². The average Bonchev–Trinajstić information content (AvgIpc) is 3.56. The molecule has 25 heteroatoms. The largest absolute Gasteiger partial charge is 3.00 e. The van der Waals surface area contributed by atoms with Gasteiger partial charge in [-0.1, -0.05) is 29.3 Å². The number of fused-ring (bicyclic) bond motifs is 2. The van der Waals surface area contributed by atoms with E-state index in [1.807, 2.05) is 36.1 Å². The zero-order chi connectivity index (χ0) is 52.0. The Morgan fingerprint density at radius 1 is 0.736 bits per heavy atom. The van der Waals surface area contributed by atoms with Gasteiger partial charge in [0.15, 0.2) is 10.1 Å². The summed E-state index contributed by atoms with van der Waals surface area (Å²) in [5.74, 6) is -2.73. The zero-order valence-electron chi connectivity index (χ0n) is 39.5. The average molecular weight is 1180 g/mol. The van der Waals surface area contributed by atoms with Gasteiger partial charge >= 0.3 is 54.9 Å². The predicted molar refractivity (Wildman–Crippen MR) is 251 cm³/mol. The standard InChI is InChI=1S/C46H55ClN8O8.CHF3O3S.Eu/c1-31-4-12-40-34(24-31)7-10-36(50-40)27-51-16-20-53(29-44(58)59)22-18-52(19-23-54(21-17-51)30-45(60)61)28-43(57)49-15-14-48-42(56)26-38-32(2)55(41-13-11-37(63-3)25-39(38)41)46(62)33-5-8-35(47)9-6-33;2-1(3,4)8(5,6)7;/h4-13,24-25H,14-23,26-30H2,1-3H3,(H,48,56)(H,49,57)(H,58,59)(H,60,61);(H,5,6,7);/q;;+3/p-3. The Labute approximate surface area is 459 Å². The van der Waals surface area contributed by atoms with Crippen LogP contribution >= 0.6 is 11.6 Å². The van der Waals surface area contributed by atoms with Gasteiger partial charge in [-0.3, -0.25) is 43.5 Å². The fourth-order valence-corrected chi connectivity index (χ4v) is 7.99. The maximum absolute atomic E-state index is 13.7. The number of hydrogen-bond donors (Lipinski definition) is 2. The van der Waals surface area contributed by atoms with Gasteiger partial charge in [-0.15, -0.1) is 0 Å². The summed E-state index contributed by atoms with van der Waals surface area (Å²) in [4.78, 5) is 76.2. The van der Waals surface area contributed by atoms with Gasteiger partial charge in [-0.2, -0.15) is 13.2 Å². The number of aromatic nitrogens is 2. The van der Waals surface area contributed by atoms with E-state index in [0.29, 0.717) is 97.4 Å². The Hall–Kier alpha value is -4.63. The van der Waals surface area contributed by atoms with E-state index in [1.54, 1.807) is 70.9 Å². The van der Waals surface area contributed by atoms with Crippen molar-refractivity contribution in [2.24, 2.45) is 0 Å². The van der Waals surface area contributed by atoms with E-state index in [4.69, 9.17) is 34.3 Å². The Morgan fingerprint density at radius 3 is 1.79 bits per heavy atom. The number of carboxylic acids is 2. The number of carbonyl (C=O) groups excluding carboxylic acids is 5. The van der Waals surface area contributed by atoms with E-state index in [-0.39, 0.29) is 106 Å². The molecule has 3 aromatic carbocycles. The number of nitrogens with one attached hydrogen (secondary N) is 2. The monoisotopic (exact) mass is 1180 g/mol. The van der Waals surface area contributed by atoms with Crippen molar-refractivity contribution in [3.05, 3.63) is 106 Å². The van der Waals surface area contributed by atoms with Crippen LogP contribution in [0, 0.1) is 63.2 Å². The van der Waals surface area contributed by atoms with Crippen LogP contribution in [-0.4, -0.2) is 169 Å². The van der Waals surface area contributed by atoms with E-state index in [1.165, 1.54) is 0 Å². The van der Waals surface area contributed by atoms with Gasteiger partial charge in [-0.25, -0.2) is 8.42 Å². The third-order valence-electron chi connectivity index (χ3n) is 11.5. The first-order valence-electron chi connectivity index (χ1n) is 22.2. The molecule has 5 aromatic rings. The molecule has 72 heavy (non-hydrogen) atoms. The topological polar surface area (TPSA) is 253 Å². The van der Waals surface area contributed by atoms with Gasteiger partial charge < -0.3 is 39.7 Å². The number of halogens is 4. The van der Waals surface area contributed by atoms with Crippen molar-refractivity contribution in [3.63, 3.8) is 0 Å². The fraction of sp³-hybridized carbons (Fsp3) is 0.404. The number of pyridine rings is 1. The third kappa shape index (κ3) is 18.1. The first-order chi connectivity index (χ1) is 33.5. The van der Waals surface area contributed by atoms with Gasteiger partial charge in [0.25, 0.3) is 5.91 Å². The molecule has 1 fully saturated rings. The van der Waals surface area contributed by atoms with Crippen LogP contribution in [0.3, 0.4) is 0 Å². The number of carbonyl (C=O) groups is 5. The number of aliphatic carboxylic acids is 2. The molecule has 388 valence electrons. The molecule has 0 bridgehead atoms. The summed E-state index contributed by atoms with van der Waals surface area (Å²) < 4.78 is 65.9. The second kappa shape index (κ2) is 27.6. The van der Waals surface area contributed by atoms with Crippen LogP contribution in [0.5, 0.6) is 5.75 Å². The molecule has 1 aliphatic rings. The van der Waals surface area contributed by atoms with Gasteiger partial charge in [0, 0.05) is 112 Å². The van der Waals surface area contributed by atoms with Crippen molar-refractivity contribution in [2.45, 2.75) is 32.3 Å². The summed E-state index contributed by atoms with van der Waals surface area (Å²) in [5, 5.41) is 31.5. The van der Waals surface area contributed by atoms with Crippen molar-refractivity contribution < 1.29 is 114 Å². The van der Waals surface area contributed by atoms with E-state index < -0.39 is 27.6 Å². The SMILES string of the molecule is COc1ccc2c(c1)c(CC(=O)NCCNC(=O)CN1CCN(CC(=O)[O-])CCN(Cc3ccc4cc(C)ccc4n3)CCN(CC(=O)[O-])CC1)c(C)n2C(=O)c1ccc(Cl)cc1.O=S(=O)([O-])C(F)(F)F.[Eu+3]. The summed E-state index contributed by atoms with van der Waals surface area (Å²) in [5.41, 5.74) is -0.460. The molecule has 19 nitrogen and oxygen atoms in total. The van der Waals surface area contributed by atoms with Gasteiger partial charge in [0.2, 0.25) is 11.8 Å². The minimum atomic E-state index is -6.09. The Kier molecular flexibility index (Phi) is 23.0. The number of aryl methyl sites for hydroxylation is 1. The zero-order valence-corrected chi connectivity index (χ0v) is 43.5. The molecule has 0 spiro atoms. The summed E-state index contributed by atoms with van der Waals surface area (Å²) in [6, 6.07) is 22.0. The number of hydrogen-bond acceptors (Lipinski definition) is 16. The predicted octanol–water partition coefficient (Wildman–Crippen LogP) is 0.905. The van der Waals surface area contributed by atoms with E-state index in [2.05, 4.69) is 21.6 Å². The fourth-order valence-electron chi connectivity index (χ4n) is 7.86. The van der Waals surface area contributed by atoms with Crippen molar-refractivity contribution in [2.75, 3.05) is 92.2 Å². The number of rotatable bonds is 15. The molecule has 2 N–H and O–H groups in total. The number of nitrogens with zero attached hydrogens (tertiary/aromatic N) is 6. The molecular weight excluding hydrogens is 1130 g/mol. The minimum Gasteiger partial charge on any atom is -0.741 e. The summed E-state index contributed by atoms with van der Waals surface area (Å²) in [6.07, 6.45) is -0.0271. The molecule has 2 aromatic heterocycles. The molecule has 3 heterocycles. The van der Waals surface area contributed by atoms with Gasteiger partial charge in [0.05, 0.1) is 48.7 Å². The number of carboxylic acid groups (broad SMARTS) is 2. The van der Waals surface area contributed by atoms with Crippen LogP contribution in [0.15, 0.2) is 72.8 Å². The van der Waals surface area contributed by atoms with Crippen LogP contribution in [0.4, 0.5) is 13.2 Å². The Morgan fingerprint density at radius 2 is 1.26 bits per heavy atom. The Bertz CT molecular complexity index is 2790. The van der Waals surface area contributed by atoms with E-state index in [9.17, 15) is 47.4 Å². The van der Waals surface area contributed by atoms with Crippen molar-refractivity contribution in [1.29, 1.82) is 0 Å². The smallest absolute Gasteiger partial charge is 0.741 e. The number of amides is 2. The molecule has 0 atom stereocenters. The molecule has 0 saturated carbocycles. The molecule has 0 unspecified atom stereocenters. The number of alkyl halides is 3. The second-order valence-corrected chi connectivity index (χ2v) is 18.5. The van der Waals surface area contributed by atoms with E-state index in [0.717, 1.165) is 22.2 Å². The number of ether oxygens (including phenoxy) is 1. The van der Waals surface area contributed by atoms with Crippen molar-refractivity contribution >= 4 is 73.2 Å². The number of methoxy groups -OCH3 is 1. The molecule has 0 radical (unpaired) electrons. The maximum Gasteiger partial charge on any atom is 3.00 e. The molecule has 0 aliphatic carbocycles. The van der Waals surface area contributed by atoms with Crippen LogP contribution in [0.1, 0.15) is 32.9 Å². The van der Waals surface area contributed by atoms with Crippen molar-refractivity contribution in [1.82, 2.24) is 39.8 Å². The molecule has 6 rings (SSSR count). The quantitative estimate of drug-likeness (QED) is 0.0840. The minimum absolute atomic E-state index is 0. The first kappa shape index (κ1) is 59.9. The normalized spacial score (nSPS) is 14.8. The molecular formula is C47H53ClEuF3N8O11S. The number of benzene rings is 3.